The van der Waals surface area contributed by atoms with E-state index in [1.807, 2.05) is 19.1 Å². The molecule has 2 fully saturated rings. The molecule has 4 nitrogen and oxygen atoms in total. The summed E-state index contributed by atoms with van der Waals surface area (Å²) in [6, 6.07) is 7.46. The summed E-state index contributed by atoms with van der Waals surface area (Å²) >= 11 is 0. The zero-order valence-corrected chi connectivity index (χ0v) is 13.4. The molecule has 5 heteroatoms. The van der Waals surface area contributed by atoms with Gasteiger partial charge in [-0.1, -0.05) is 17.7 Å². The van der Waals surface area contributed by atoms with E-state index >= 15 is 0 Å². The van der Waals surface area contributed by atoms with Gasteiger partial charge in [0.1, 0.15) is 0 Å². The highest BCUT2D eigenvalue weighted by Crippen LogP contribution is 2.33. The predicted molar refractivity (Wildman–Crippen MR) is 83.7 cm³/mol. The number of benzene rings is 1. The minimum Gasteiger partial charge on any atom is -0.317 e. The maximum atomic E-state index is 12.9. The predicted octanol–water partition coefficient (Wildman–Crippen LogP) is 2.15. The van der Waals surface area contributed by atoms with Gasteiger partial charge in [0.2, 0.25) is 10.0 Å². The van der Waals surface area contributed by atoms with Crippen LogP contribution in [0.25, 0.3) is 0 Å². The van der Waals surface area contributed by atoms with Crippen LogP contribution in [0.5, 0.6) is 0 Å². The number of nitrogens with zero attached hydrogens (tertiary/aromatic N) is 1. The van der Waals surface area contributed by atoms with Crippen LogP contribution in [-0.4, -0.2) is 38.4 Å². The van der Waals surface area contributed by atoms with Gasteiger partial charge in [-0.05, 0) is 63.7 Å². The maximum absolute atomic E-state index is 12.9. The molecule has 0 radical (unpaired) electrons. The Balaban J connectivity index is 1.80. The molecule has 1 aliphatic carbocycles. The first kappa shape index (κ1) is 15.0. The van der Waals surface area contributed by atoms with Crippen molar-refractivity contribution in [3.63, 3.8) is 0 Å². The van der Waals surface area contributed by atoms with Crippen LogP contribution < -0.4 is 5.32 Å². The summed E-state index contributed by atoms with van der Waals surface area (Å²) < 4.78 is 27.6. The van der Waals surface area contributed by atoms with Gasteiger partial charge in [0.05, 0.1) is 4.90 Å². The van der Waals surface area contributed by atoms with Crippen LogP contribution in [0.2, 0.25) is 0 Å². The van der Waals surface area contributed by atoms with Crippen molar-refractivity contribution < 1.29 is 8.42 Å². The summed E-state index contributed by atoms with van der Waals surface area (Å²) in [4.78, 5) is 0.439. The normalized spacial score (nSPS) is 20.9. The van der Waals surface area contributed by atoms with Crippen LogP contribution in [0.3, 0.4) is 0 Å². The van der Waals surface area contributed by atoms with Crippen LogP contribution in [0.15, 0.2) is 29.2 Å². The molecular weight excluding hydrogens is 284 g/mol. The molecule has 1 N–H and O–H groups in total. The smallest absolute Gasteiger partial charge is 0.243 e. The van der Waals surface area contributed by atoms with Crippen LogP contribution in [-0.2, 0) is 10.0 Å². The second-order valence-corrected chi connectivity index (χ2v) is 8.20. The van der Waals surface area contributed by atoms with Crippen LogP contribution in [0.1, 0.15) is 31.2 Å². The standard InChI is InChI=1S/C16H24N2O2S/c1-13-2-6-16(7-3-13)21(19,20)18(15-4-5-15)12-14-8-10-17-11-9-14/h2-3,6-7,14-15,17H,4-5,8-12H2,1H3. The third-order valence-corrected chi connectivity index (χ3v) is 6.41. The van der Waals surface area contributed by atoms with Gasteiger partial charge in [0, 0.05) is 12.6 Å². The quantitative estimate of drug-likeness (QED) is 0.907. The van der Waals surface area contributed by atoms with E-state index in [0.717, 1.165) is 44.3 Å². The monoisotopic (exact) mass is 308 g/mol. The van der Waals surface area contributed by atoms with Crippen molar-refractivity contribution in [2.75, 3.05) is 19.6 Å². The number of rotatable bonds is 5. The number of nitrogens with one attached hydrogen (secondary N) is 1. The molecule has 116 valence electrons. The minimum atomic E-state index is -3.34. The van der Waals surface area contributed by atoms with Crippen LogP contribution in [0.4, 0.5) is 0 Å². The van der Waals surface area contributed by atoms with E-state index in [2.05, 4.69) is 5.32 Å². The Morgan fingerprint density at radius 1 is 1.10 bits per heavy atom. The zero-order chi connectivity index (χ0) is 14.9. The first-order chi connectivity index (χ1) is 10.1. The number of aryl methyl sites for hydroxylation is 1. The van der Waals surface area contributed by atoms with E-state index in [0.29, 0.717) is 17.4 Å². The minimum absolute atomic E-state index is 0.228. The molecular formula is C16H24N2O2S. The molecule has 1 aromatic rings. The third kappa shape index (κ3) is 3.47. The lowest BCUT2D eigenvalue weighted by Gasteiger charge is -2.29. The van der Waals surface area contributed by atoms with Crippen molar-refractivity contribution in [2.45, 2.75) is 43.5 Å². The van der Waals surface area contributed by atoms with Gasteiger partial charge in [-0.3, -0.25) is 0 Å². The van der Waals surface area contributed by atoms with Gasteiger partial charge in [0.15, 0.2) is 0 Å². The molecule has 2 aliphatic rings. The highest BCUT2D eigenvalue weighted by Gasteiger charge is 2.39. The molecule has 3 rings (SSSR count). The van der Waals surface area contributed by atoms with Crippen molar-refractivity contribution >= 4 is 10.0 Å². The second-order valence-electron chi connectivity index (χ2n) is 6.31. The van der Waals surface area contributed by atoms with Gasteiger partial charge >= 0.3 is 0 Å². The van der Waals surface area contributed by atoms with Crippen molar-refractivity contribution in [2.24, 2.45) is 5.92 Å². The highest BCUT2D eigenvalue weighted by molar-refractivity contribution is 7.89. The second kappa shape index (κ2) is 6.07. The molecule has 0 atom stereocenters. The Hall–Kier alpha value is -0.910. The summed E-state index contributed by atoms with van der Waals surface area (Å²) in [5.74, 6) is 0.493. The molecule has 0 amide bonds. The van der Waals surface area contributed by atoms with Gasteiger partial charge in [-0.25, -0.2) is 8.42 Å². The number of hydrogen-bond acceptors (Lipinski definition) is 3. The fourth-order valence-electron chi connectivity index (χ4n) is 2.97. The Bertz CT molecular complexity index is 573. The molecule has 1 saturated carbocycles. The lowest BCUT2D eigenvalue weighted by molar-refractivity contribution is 0.283. The lowest BCUT2D eigenvalue weighted by Crippen LogP contribution is -2.40. The number of sulfonamides is 1. The molecule has 0 bridgehead atoms. The molecule has 1 saturated heterocycles. The van der Waals surface area contributed by atoms with E-state index in [1.54, 1.807) is 16.4 Å². The Morgan fingerprint density at radius 2 is 1.71 bits per heavy atom. The first-order valence-electron chi connectivity index (χ1n) is 7.86. The van der Waals surface area contributed by atoms with Crippen molar-refractivity contribution in [3.8, 4) is 0 Å². The summed E-state index contributed by atoms with van der Waals surface area (Å²) in [6.45, 7) is 4.67. The Morgan fingerprint density at radius 3 is 2.29 bits per heavy atom. The number of hydrogen-bond donors (Lipinski definition) is 1. The fraction of sp³-hybridized carbons (Fsp3) is 0.625. The molecule has 1 heterocycles. The number of piperidine rings is 1. The summed E-state index contributed by atoms with van der Waals surface area (Å²) in [7, 11) is -3.34. The molecule has 0 aromatic heterocycles. The van der Waals surface area contributed by atoms with Crippen molar-refractivity contribution in [1.29, 1.82) is 0 Å². The fourth-order valence-corrected chi connectivity index (χ4v) is 4.73. The topological polar surface area (TPSA) is 49.4 Å². The van der Waals surface area contributed by atoms with E-state index in [9.17, 15) is 8.42 Å². The molecule has 1 aliphatic heterocycles. The molecule has 0 spiro atoms. The van der Waals surface area contributed by atoms with Gasteiger partial charge < -0.3 is 5.32 Å². The highest BCUT2D eigenvalue weighted by atomic mass is 32.2. The van der Waals surface area contributed by atoms with Crippen molar-refractivity contribution in [1.82, 2.24) is 9.62 Å². The van der Waals surface area contributed by atoms with Gasteiger partial charge in [-0.15, -0.1) is 0 Å². The molecule has 21 heavy (non-hydrogen) atoms. The van der Waals surface area contributed by atoms with E-state index < -0.39 is 10.0 Å². The molecule has 1 aromatic carbocycles. The SMILES string of the molecule is Cc1ccc(S(=O)(=O)N(CC2CCNCC2)C2CC2)cc1. The van der Waals surface area contributed by atoms with E-state index in [1.165, 1.54) is 0 Å². The average molecular weight is 308 g/mol. The molecule has 0 unspecified atom stereocenters. The van der Waals surface area contributed by atoms with Gasteiger partial charge in [0.25, 0.3) is 0 Å². The van der Waals surface area contributed by atoms with Crippen LogP contribution in [0, 0.1) is 12.8 Å². The average Bonchev–Trinajstić information content (AvgIpc) is 3.31. The largest absolute Gasteiger partial charge is 0.317 e. The Labute approximate surface area is 127 Å². The summed E-state index contributed by atoms with van der Waals surface area (Å²) in [5.41, 5.74) is 1.09. The van der Waals surface area contributed by atoms with Crippen LogP contribution >= 0.6 is 0 Å². The van der Waals surface area contributed by atoms with E-state index in [-0.39, 0.29) is 6.04 Å². The van der Waals surface area contributed by atoms with E-state index in [4.69, 9.17) is 0 Å². The third-order valence-electron chi connectivity index (χ3n) is 4.48. The van der Waals surface area contributed by atoms with Crippen molar-refractivity contribution in [3.05, 3.63) is 29.8 Å². The zero-order valence-electron chi connectivity index (χ0n) is 12.6. The Kier molecular flexibility index (Phi) is 4.33. The first-order valence-corrected chi connectivity index (χ1v) is 9.30. The maximum Gasteiger partial charge on any atom is 0.243 e. The summed E-state index contributed by atoms with van der Waals surface area (Å²) in [6.07, 6.45) is 4.17. The van der Waals surface area contributed by atoms with Gasteiger partial charge in [-0.2, -0.15) is 4.31 Å². The lowest BCUT2D eigenvalue weighted by atomic mass is 9.98. The summed E-state index contributed by atoms with van der Waals surface area (Å²) in [5, 5.41) is 3.34.